The summed E-state index contributed by atoms with van der Waals surface area (Å²) < 4.78 is 3.19. The first-order valence-electron chi connectivity index (χ1n) is 8.66. The van der Waals surface area contributed by atoms with Gasteiger partial charge in [0, 0.05) is 21.8 Å². The minimum absolute atomic E-state index is 0.0555. The predicted octanol–water partition coefficient (Wildman–Crippen LogP) is 6.39. The Morgan fingerprint density at radius 2 is 1.68 bits per heavy atom. The molecule has 0 saturated heterocycles. The van der Waals surface area contributed by atoms with Gasteiger partial charge in [0.2, 0.25) is 0 Å². The summed E-state index contributed by atoms with van der Waals surface area (Å²) in [4.78, 5) is 4.89. The molecule has 0 aliphatic rings. The molecule has 132 valence electrons. The maximum atomic E-state index is 4.89. The standard InChI is InChI=1S/C21H26BrN3/c1-20(2,3)14-21(4,5)24-19-18(15-10-6-7-11-16(15)22)23-17-12-8-9-13-25(17)19/h6-13,24H,14H2,1-5H3. The van der Waals surface area contributed by atoms with Crippen LogP contribution in [0.3, 0.4) is 0 Å². The third kappa shape index (κ3) is 4.06. The first kappa shape index (κ1) is 18.0. The van der Waals surface area contributed by atoms with Crippen molar-refractivity contribution in [3.05, 3.63) is 53.1 Å². The number of nitrogens with zero attached hydrogens (tertiary/aromatic N) is 2. The van der Waals surface area contributed by atoms with Crippen LogP contribution in [0, 0.1) is 5.41 Å². The quantitative estimate of drug-likeness (QED) is 0.550. The van der Waals surface area contributed by atoms with Crippen molar-refractivity contribution in [3.63, 3.8) is 0 Å². The fraction of sp³-hybridized carbons (Fsp3) is 0.381. The molecule has 3 aromatic rings. The zero-order valence-corrected chi connectivity index (χ0v) is 17.2. The summed E-state index contributed by atoms with van der Waals surface area (Å²) in [5, 5.41) is 3.77. The number of anilines is 1. The van der Waals surface area contributed by atoms with Gasteiger partial charge in [-0.25, -0.2) is 4.98 Å². The van der Waals surface area contributed by atoms with E-state index >= 15 is 0 Å². The van der Waals surface area contributed by atoms with Crippen LogP contribution >= 0.6 is 15.9 Å². The summed E-state index contributed by atoms with van der Waals surface area (Å²) in [6.45, 7) is 11.3. The van der Waals surface area contributed by atoms with E-state index in [0.717, 1.165) is 33.6 Å². The Balaban J connectivity index is 2.13. The van der Waals surface area contributed by atoms with Crippen molar-refractivity contribution in [3.8, 4) is 11.3 Å². The van der Waals surface area contributed by atoms with Crippen molar-refractivity contribution < 1.29 is 0 Å². The lowest BCUT2D eigenvalue weighted by Gasteiger charge is -2.34. The Bertz CT molecular complexity index is 888. The van der Waals surface area contributed by atoms with Crippen LogP contribution in [-0.4, -0.2) is 14.9 Å². The number of nitrogens with one attached hydrogen (secondary N) is 1. The van der Waals surface area contributed by atoms with Gasteiger partial charge in [0.05, 0.1) is 0 Å². The minimum Gasteiger partial charge on any atom is -0.364 e. The first-order valence-corrected chi connectivity index (χ1v) is 9.46. The smallest absolute Gasteiger partial charge is 0.139 e. The second-order valence-corrected chi connectivity index (χ2v) is 9.32. The van der Waals surface area contributed by atoms with Crippen LogP contribution in [0.4, 0.5) is 5.82 Å². The number of hydrogen-bond acceptors (Lipinski definition) is 2. The summed E-state index contributed by atoms with van der Waals surface area (Å²) in [6.07, 6.45) is 3.12. The van der Waals surface area contributed by atoms with Gasteiger partial charge in [-0.05, 0) is 43.9 Å². The van der Waals surface area contributed by atoms with Crippen molar-refractivity contribution >= 4 is 27.4 Å². The number of hydrogen-bond donors (Lipinski definition) is 1. The molecular weight excluding hydrogens is 374 g/mol. The Morgan fingerprint density at radius 3 is 2.36 bits per heavy atom. The summed E-state index contributed by atoms with van der Waals surface area (Å²) in [7, 11) is 0. The molecule has 1 aromatic carbocycles. The van der Waals surface area contributed by atoms with E-state index in [1.54, 1.807) is 0 Å². The molecule has 4 heteroatoms. The highest BCUT2D eigenvalue weighted by molar-refractivity contribution is 9.10. The fourth-order valence-electron chi connectivity index (χ4n) is 3.65. The van der Waals surface area contributed by atoms with E-state index in [4.69, 9.17) is 4.98 Å². The molecule has 1 N–H and O–H groups in total. The van der Waals surface area contributed by atoms with Crippen LogP contribution in [0.1, 0.15) is 41.0 Å². The SMILES string of the molecule is CC(C)(C)CC(C)(C)Nc1c(-c2ccccc2Br)nc2ccccn12. The van der Waals surface area contributed by atoms with Gasteiger partial charge < -0.3 is 5.32 Å². The topological polar surface area (TPSA) is 29.3 Å². The van der Waals surface area contributed by atoms with Crippen LogP contribution in [0.15, 0.2) is 53.1 Å². The van der Waals surface area contributed by atoms with E-state index < -0.39 is 0 Å². The van der Waals surface area contributed by atoms with E-state index in [1.807, 2.05) is 30.3 Å². The number of benzene rings is 1. The Labute approximate surface area is 158 Å². The number of aromatic nitrogens is 2. The molecule has 0 aliphatic heterocycles. The first-order chi connectivity index (χ1) is 11.7. The van der Waals surface area contributed by atoms with Gasteiger partial charge in [0.25, 0.3) is 0 Å². The minimum atomic E-state index is -0.0555. The number of rotatable bonds is 4. The third-order valence-electron chi connectivity index (χ3n) is 4.09. The highest BCUT2D eigenvalue weighted by Gasteiger charge is 2.28. The molecule has 0 amide bonds. The van der Waals surface area contributed by atoms with Gasteiger partial charge in [-0.1, -0.05) is 61.0 Å². The van der Waals surface area contributed by atoms with E-state index in [2.05, 4.69) is 78.6 Å². The van der Waals surface area contributed by atoms with Crippen LogP contribution in [0.2, 0.25) is 0 Å². The molecule has 2 heterocycles. The van der Waals surface area contributed by atoms with Crippen LogP contribution in [0.25, 0.3) is 16.9 Å². The summed E-state index contributed by atoms with van der Waals surface area (Å²) in [5.41, 5.74) is 3.20. The lowest BCUT2D eigenvalue weighted by atomic mass is 9.82. The number of imidazole rings is 1. The summed E-state index contributed by atoms with van der Waals surface area (Å²) >= 11 is 3.68. The van der Waals surface area contributed by atoms with E-state index in [-0.39, 0.29) is 11.0 Å². The fourth-order valence-corrected chi connectivity index (χ4v) is 4.12. The average Bonchev–Trinajstić information content (AvgIpc) is 2.83. The van der Waals surface area contributed by atoms with Crippen LogP contribution in [-0.2, 0) is 0 Å². The zero-order chi connectivity index (χ0) is 18.2. The average molecular weight is 400 g/mol. The molecule has 3 rings (SSSR count). The molecule has 0 radical (unpaired) electrons. The van der Waals surface area contributed by atoms with Crippen molar-refractivity contribution in [2.24, 2.45) is 5.41 Å². The van der Waals surface area contributed by atoms with Gasteiger partial charge in [0.15, 0.2) is 0 Å². The molecular formula is C21H26BrN3. The normalized spacial score (nSPS) is 12.6. The number of halogens is 1. The molecule has 0 bridgehead atoms. The molecule has 0 atom stereocenters. The lowest BCUT2D eigenvalue weighted by molar-refractivity contribution is 0.302. The molecule has 0 fully saturated rings. The van der Waals surface area contributed by atoms with Crippen molar-refractivity contribution in [2.75, 3.05) is 5.32 Å². The van der Waals surface area contributed by atoms with Gasteiger partial charge in [-0.2, -0.15) is 0 Å². The van der Waals surface area contributed by atoms with Gasteiger partial charge >= 0.3 is 0 Å². The summed E-state index contributed by atoms with van der Waals surface area (Å²) in [5.74, 6) is 1.04. The van der Waals surface area contributed by atoms with Crippen molar-refractivity contribution in [1.29, 1.82) is 0 Å². The molecule has 25 heavy (non-hydrogen) atoms. The molecule has 3 nitrogen and oxygen atoms in total. The monoisotopic (exact) mass is 399 g/mol. The largest absolute Gasteiger partial charge is 0.364 e. The molecule has 2 aromatic heterocycles. The van der Waals surface area contributed by atoms with Crippen molar-refractivity contribution in [1.82, 2.24) is 9.38 Å². The van der Waals surface area contributed by atoms with Gasteiger partial charge in [0.1, 0.15) is 17.2 Å². The number of pyridine rings is 1. The van der Waals surface area contributed by atoms with E-state index in [0.29, 0.717) is 0 Å². The van der Waals surface area contributed by atoms with E-state index in [9.17, 15) is 0 Å². The second kappa shape index (κ2) is 6.49. The summed E-state index contributed by atoms with van der Waals surface area (Å²) in [6, 6.07) is 14.4. The van der Waals surface area contributed by atoms with Crippen LogP contribution < -0.4 is 5.32 Å². The zero-order valence-electron chi connectivity index (χ0n) is 15.6. The Hall–Kier alpha value is -1.81. The van der Waals surface area contributed by atoms with Crippen molar-refractivity contribution in [2.45, 2.75) is 46.6 Å². The van der Waals surface area contributed by atoms with E-state index in [1.165, 1.54) is 0 Å². The molecule has 0 spiro atoms. The van der Waals surface area contributed by atoms with Gasteiger partial charge in [-0.15, -0.1) is 0 Å². The van der Waals surface area contributed by atoms with Gasteiger partial charge in [-0.3, -0.25) is 4.40 Å². The highest BCUT2D eigenvalue weighted by atomic mass is 79.9. The molecule has 0 aliphatic carbocycles. The number of fused-ring (bicyclic) bond motifs is 1. The Kier molecular flexibility index (Phi) is 4.67. The molecule has 0 saturated carbocycles. The lowest BCUT2D eigenvalue weighted by Crippen LogP contribution is -2.36. The third-order valence-corrected chi connectivity index (χ3v) is 4.78. The van der Waals surface area contributed by atoms with Crippen LogP contribution in [0.5, 0.6) is 0 Å². The highest BCUT2D eigenvalue weighted by Crippen LogP contribution is 2.37. The molecule has 0 unspecified atom stereocenters. The Morgan fingerprint density at radius 1 is 1.00 bits per heavy atom. The maximum Gasteiger partial charge on any atom is 0.139 e. The maximum absolute atomic E-state index is 4.89. The second-order valence-electron chi connectivity index (χ2n) is 8.46. The predicted molar refractivity (Wildman–Crippen MR) is 110 cm³/mol.